The summed E-state index contributed by atoms with van der Waals surface area (Å²) in [5.74, 6) is -0.477. The van der Waals surface area contributed by atoms with Crippen LogP contribution in [0.15, 0.2) is 12.4 Å². The van der Waals surface area contributed by atoms with Gasteiger partial charge in [-0.3, -0.25) is 0 Å². The molecule has 8 heteroatoms. The normalized spacial score (nSPS) is 11.9. The van der Waals surface area contributed by atoms with Gasteiger partial charge in [0, 0.05) is 12.4 Å². The summed E-state index contributed by atoms with van der Waals surface area (Å²) in [5, 5.41) is 0. The number of nitrogens with zero attached hydrogens (tertiary/aromatic N) is 4. The van der Waals surface area contributed by atoms with E-state index in [1.165, 1.54) is 6.20 Å². The van der Waals surface area contributed by atoms with Gasteiger partial charge in [-0.05, 0) is 0 Å². The Balaban J connectivity index is 2.83. The van der Waals surface area contributed by atoms with Gasteiger partial charge in [0.15, 0.2) is 11.3 Å². The predicted octanol–water partition coefficient (Wildman–Crippen LogP) is 1.02. The standard InChI is InChI=1S/C7H4F3N5/c8-7(9,10)4-3-5(13-2-1-12-3)15-6(11)14-4/h1-2H,(H2,11,13,14,15). The van der Waals surface area contributed by atoms with Gasteiger partial charge >= 0.3 is 6.18 Å². The molecule has 2 N–H and O–H groups in total. The molecule has 0 aliphatic carbocycles. The number of rotatable bonds is 0. The number of anilines is 1. The van der Waals surface area contributed by atoms with Gasteiger partial charge in [0.05, 0.1) is 0 Å². The molecule has 0 bridgehead atoms. The number of aromatic nitrogens is 4. The van der Waals surface area contributed by atoms with Crippen molar-refractivity contribution in [3.05, 3.63) is 18.1 Å². The Morgan fingerprint density at radius 2 is 1.73 bits per heavy atom. The SMILES string of the molecule is Nc1nc(C(F)(F)F)c2nccnc2n1. The van der Waals surface area contributed by atoms with Crippen molar-refractivity contribution < 1.29 is 13.2 Å². The highest BCUT2D eigenvalue weighted by Crippen LogP contribution is 2.31. The van der Waals surface area contributed by atoms with Gasteiger partial charge in [-0.2, -0.15) is 18.2 Å². The largest absolute Gasteiger partial charge is 0.435 e. The van der Waals surface area contributed by atoms with Crippen LogP contribution in [0.5, 0.6) is 0 Å². The highest BCUT2D eigenvalue weighted by atomic mass is 19.4. The lowest BCUT2D eigenvalue weighted by Crippen LogP contribution is -2.12. The summed E-state index contributed by atoms with van der Waals surface area (Å²) in [4.78, 5) is 13.8. The van der Waals surface area contributed by atoms with E-state index in [0.717, 1.165) is 6.20 Å². The number of nitrogen functional groups attached to an aromatic ring is 1. The van der Waals surface area contributed by atoms with Gasteiger partial charge in [-0.1, -0.05) is 0 Å². The number of hydrogen-bond acceptors (Lipinski definition) is 5. The average Bonchev–Trinajstić information content (AvgIpc) is 2.15. The molecule has 15 heavy (non-hydrogen) atoms. The van der Waals surface area contributed by atoms with Crippen LogP contribution in [0.2, 0.25) is 0 Å². The molecule has 0 fully saturated rings. The van der Waals surface area contributed by atoms with Crippen LogP contribution in [0, 0.1) is 0 Å². The summed E-state index contributed by atoms with van der Waals surface area (Å²) in [6.07, 6.45) is -2.25. The minimum absolute atomic E-state index is 0.169. The first-order valence-corrected chi connectivity index (χ1v) is 3.80. The van der Waals surface area contributed by atoms with Crippen LogP contribution in [-0.2, 0) is 6.18 Å². The van der Waals surface area contributed by atoms with Crippen molar-refractivity contribution in [3.63, 3.8) is 0 Å². The van der Waals surface area contributed by atoms with Crippen LogP contribution in [0.3, 0.4) is 0 Å². The van der Waals surface area contributed by atoms with Gasteiger partial charge in [0.1, 0.15) is 5.52 Å². The van der Waals surface area contributed by atoms with Crippen molar-refractivity contribution in [1.29, 1.82) is 0 Å². The summed E-state index contributed by atoms with van der Waals surface area (Å²) >= 11 is 0. The van der Waals surface area contributed by atoms with E-state index in [2.05, 4.69) is 19.9 Å². The topological polar surface area (TPSA) is 77.6 Å². The molecule has 0 amide bonds. The lowest BCUT2D eigenvalue weighted by Gasteiger charge is -2.07. The number of halogens is 3. The van der Waals surface area contributed by atoms with Crippen LogP contribution >= 0.6 is 0 Å². The van der Waals surface area contributed by atoms with E-state index in [9.17, 15) is 13.2 Å². The smallest absolute Gasteiger partial charge is 0.368 e. The van der Waals surface area contributed by atoms with E-state index in [4.69, 9.17) is 5.73 Å². The number of hydrogen-bond donors (Lipinski definition) is 1. The van der Waals surface area contributed by atoms with Gasteiger partial charge in [-0.15, -0.1) is 0 Å². The van der Waals surface area contributed by atoms with Crippen molar-refractivity contribution in [3.8, 4) is 0 Å². The number of fused-ring (bicyclic) bond motifs is 1. The first kappa shape index (κ1) is 9.56. The molecule has 78 valence electrons. The minimum Gasteiger partial charge on any atom is -0.368 e. The summed E-state index contributed by atoms with van der Waals surface area (Å²) < 4.78 is 37.5. The second kappa shape index (κ2) is 3.01. The Hall–Kier alpha value is -1.99. The maximum atomic E-state index is 12.5. The highest BCUT2D eigenvalue weighted by molar-refractivity contribution is 5.73. The summed E-state index contributed by atoms with van der Waals surface area (Å²) in [6.45, 7) is 0. The van der Waals surface area contributed by atoms with E-state index >= 15 is 0 Å². The summed E-state index contributed by atoms with van der Waals surface area (Å²) in [7, 11) is 0. The third-order valence-corrected chi connectivity index (χ3v) is 1.62. The highest BCUT2D eigenvalue weighted by Gasteiger charge is 2.36. The first-order chi connectivity index (χ1) is 6.98. The Bertz CT molecular complexity index is 509. The van der Waals surface area contributed by atoms with Crippen LogP contribution in [-0.4, -0.2) is 19.9 Å². The second-order valence-electron chi connectivity index (χ2n) is 2.66. The molecule has 0 aliphatic heterocycles. The molecule has 5 nitrogen and oxygen atoms in total. The zero-order valence-corrected chi connectivity index (χ0v) is 7.15. The maximum Gasteiger partial charge on any atom is 0.435 e. The molecule has 0 unspecified atom stereocenters. The summed E-state index contributed by atoms with van der Waals surface area (Å²) in [6, 6.07) is 0. The van der Waals surface area contributed by atoms with Crippen molar-refractivity contribution in [1.82, 2.24) is 19.9 Å². The molecule has 0 aliphatic rings. The van der Waals surface area contributed by atoms with Crippen molar-refractivity contribution in [2.24, 2.45) is 0 Å². The van der Waals surface area contributed by atoms with Crippen LogP contribution in [0.4, 0.5) is 19.1 Å². The monoisotopic (exact) mass is 215 g/mol. The lowest BCUT2D eigenvalue weighted by molar-refractivity contribution is -0.139. The van der Waals surface area contributed by atoms with Crippen molar-refractivity contribution in [2.45, 2.75) is 6.18 Å². The minimum atomic E-state index is -4.62. The Labute approximate surface area is 81.2 Å². The fraction of sp³-hybridized carbons (Fsp3) is 0.143. The molecule has 0 radical (unpaired) electrons. The van der Waals surface area contributed by atoms with Gasteiger partial charge < -0.3 is 5.73 Å². The quantitative estimate of drug-likeness (QED) is 0.709. The lowest BCUT2D eigenvalue weighted by atomic mass is 10.3. The molecule has 0 aromatic carbocycles. The Kier molecular flexibility index (Phi) is 1.92. The molecule has 2 aromatic heterocycles. The second-order valence-corrected chi connectivity index (χ2v) is 2.66. The van der Waals surface area contributed by atoms with Gasteiger partial charge in [0.25, 0.3) is 0 Å². The molecule has 2 heterocycles. The fourth-order valence-corrected chi connectivity index (χ4v) is 1.08. The molecular formula is C7H4F3N5. The average molecular weight is 215 g/mol. The van der Waals surface area contributed by atoms with E-state index < -0.39 is 23.3 Å². The van der Waals surface area contributed by atoms with Crippen molar-refractivity contribution >= 4 is 17.1 Å². The fourth-order valence-electron chi connectivity index (χ4n) is 1.08. The van der Waals surface area contributed by atoms with E-state index in [-0.39, 0.29) is 5.65 Å². The van der Waals surface area contributed by atoms with Crippen molar-refractivity contribution in [2.75, 3.05) is 5.73 Å². The molecule has 0 saturated heterocycles. The Morgan fingerprint density at radius 3 is 2.40 bits per heavy atom. The zero-order chi connectivity index (χ0) is 11.1. The maximum absolute atomic E-state index is 12.5. The molecular weight excluding hydrogens is 211 g/mol. The third-order valence-electron chi connectivity index (χ3n) is 1.62. The molecule has 0 atom stereocenters. The zero-order valence-electron chi connectivity index (χ0n) is 7.15. The number of nitrogens with two attached hydrogens (primary N) is 1. The van der Waals surface area contributed by atoms with Gasteiger partial charge in [0.2, 0.25) is 5.95 Å². The molecule has 0 saturated carbocycles. The van der Waals surface area contributed by atoms with Crippen LogP contribution < -0.4 is 5.73 Å². The van der Waals surface area contributed by atoms with Crippen LogP contribution in [0.25, 0.3) is 11.2 Å². The van der Waals surface area contributed by atoms with Crippen LogP contribution in [0.1, 0.15) is 5.69 Å². The molecule has 2 aromatic rings. The number of alkyl halides is 3. The Morgan fingerprint density at radius 1 is 1.07 bits per heavy atom. The van der Waals surface area contributed by atoms with E-state index in [1.807, 2.05) is 0 Å². The molecule has 2 rings (SSSR count). The predicted molar refractivity (Wildman–Crippen MR) is 44.5 cm³/mol. The summed E-state index contributed by atoms with van der Waals surface area (Å²) in [5.41, 5.74) is 3.39. The third kappa shape index (κ3) is 1.65. The molecule has 0 spiro atoms. The van der Waals surface area contributed by atoms with E-state index in [1.54, 1.807) is 0 Å². The van der Waals surface area contributed by atoms with Gasteiger partial charge in [-0.25, -0.2) is 15.0 Å². The first-order valence-electron chi connectivity index (χ1n) is 3.80. The van der Waals surface area contributed by atoms with E-state index in [0.29, 0.717) is 0 Å².